The molecule has 0 fully saturated rings. The van der Waals surface area contributed by atoms with Crippen LogP contribution in [0.2, 0.25) is 0 Å². The second-order valence-electron chi connectivity index (χ2n) is 6.19. The van der Waals surface area contributed by atoms with Crippen molar-refractivity contribution in [2.75, 3.05) is 0 Å². The van der Waals surface area contributed by atoms with Gasteiger partial charge in [0.05, 0.1) is 15.3 Å². The number of nitrogens with one attached hydrogen (secondary N) is 1. The molecule has 1 aromatic heterocycles. The quantitative estimate of drug-likeness (QED) is 0.392. The van der Waals surface area contributed by atoms with E-state index in [1.165, 1.54) is 19.1 Å². The predicted molar refractivity (Wildman–Crippen MR) is 99.0 cm³/mol. The van der Waals surface area contributed by atoms with Crippen molar-refractivity contribution in [3.8, 4) is 5.88 Å². The van der Waals surface area contributed by atoms with Crippen LogP contribution in [0.15, 0.2) is 44.9 Å². The lowest BCUT2D eigenvalue weighted by Gasteiger charge is -2.01. The molecule has 0 aliphatic carbocycles. The molecular formula is C17H16N4O5S. The van der Waals surface area contributed by atoms with Crippen molar-refractivity contribution in [2.45, 2.75) is 25.7 Å². The van der Waals surface area contributed by atoms with Gasteiger partial charge in [-0.2, -0.15) is 8.42 Å². The third kappa shape index (κ3) is 3.38. The van der Waals surface area contributed by atoms with Gasteiger partial charge in [-0.15, -0.1) is 5.11 Å². The molecule has 0 bridgehead atoms. The minimum atomic E-state index is -4.29. The Morgan fingerprint density at radius 1 is 1.11 bits per heavy atom. The standard InChI is InChI=1S/C17H16N4O5S/c1-9-6-11(3)15-13(7-9)16(17(22)18-15)19-20-27(25,26)12-5-4-10(2)14(8-12)21(23)24/h4-8,18,22H,1-3H3. The topological polar surface area (TPSA) is 138 Å². The van der Waals surface area contributed by atoms with E-state index in [1.807, 2.05) is 19.9 Å². The van der Waals surface area contributed by atoms with E-state index in [0.717, 1.165) is 17.2 Å². The van der Waals surface area contributed by atoms with E-state index in [0.29, 0.717) is 16.5 Å². The van der Waals surface area contributed by atoms with Crippen LogP contribution < -0.4 is 0 Å². The molecule has 1 heterocycles. The summed E-state index contributed by atoms with van der Waals surface area (Å²) in [5.74, 6) is -0.312. The van der Waals surface area contributed by atoms with Crippen LogP contribution in [0.5, 0.6) is 5.88 Å². The first-order chi connectivity index (χ1) is 12.6. The number of nitrogens with zero attached hydrogens (tertiary/aromatic N) is 3. The zero-order valence-corrected chi connectivity index (χ0v) is 15.5. The van der Waals surface area contributed by atoms with E-state index in [4.69, 9.17) is 0 Å². The molecule has 2 aromatic carbocycles. The fraction of sp³-hybridized carbons (Fsp3) is 0.176. The molecule has 27 heavy (non-hydrogen) atoms. The van der Waals surface area contributed by atoms with Crippen LogP contribution in [0.25, 0.3) is 10.9 Å². The van der Waals surface area contributed by atoms with Gasteiger partial charge in [-0.1, -0.05) is 22.2 Å². The van der Waals surface area contributed by atoms with Crippen molar-refractivity contribution in [1.29, 1.82) is 0 Å². The highest BCUT2D eigenvalue weighted by Gasteiger charge is 2.20. The summed E-state index contributed by atoms with van der Waals surface area (Å²) in [5, 5.41) is 25.3. The minimum absolute atomic E-state index is 0.0120. The maximum absolute atomic E-state index is 12.4. The Morgan fingerprint density at radius 2 is 1.81 bits per heavy atom. The van der Waals surface area contributed by atoms with Crippen LogP contribution in [0.1, 0.15) is 16.7 Å². The number of rotatable bonds is 4. The van der Waals surface area contributed by atoms with E-state index < -0.39 is 14.9 Å². The number of hydrogen-bond donors (Lipinski definition) is 2. The number of aromatic nitrogens is 1. The average Bonchev–Trinajstić information content (AvgIpc) is 2.89. The van der Waals surface area contributed by atoms with Gasteiger partial charge in [0, 0.05) is 17.0 Å². The fourth-order valence-corrected chi connectivity index (χ4v) is 3.60. The van der Waals surface area contributed by atoms with Crippen molar-refractivity contribution in [3.63, 3.8) is 0 Å². The molecular weight excluding hydrogens is 372 g/mol. The second kappa shape index (κ2) is 6.47. The van der Waals surface area contributed by atoms with Gasteiger partial charge in [0.1, 0.15) is 0 Å². The lowest BCUT2D eigenvalue weighted by molar-refractivity contribution is -0.385. The molecule has 9 nitrogen and oxygen atoms in total. The van der Waals surface area contributed by atoms with Crippen molar-refractivity contribution in [2.24, 2.45) is 9.63 Å². The van der Waals surface area contributed by atoms with Crippen LogP contribution >= 0.6 is 0 Å². The Kier molecular flexibility index (Phi) is 4.44. The zero-order valence-electron chi connectivity index (χ0n) is 14.7. The fourth-order valence-electron chi connectivity index (χ4n) is 2.81. The molecule has 0 amide bonds. The number of sulfonamides is 1. The molecule has 0 atom stereocenters. The number of H-pyrrole nitrogens is 1. The lowest BCUT2D eigenvalue weighted by Crippen LogP contribution is -1.99. The molecule has 3 rings (SSSR count). The van der Waals surface area contributed by atoms with Crippen molar-refractivity contribution in [1.82, 2.24) is 4.98 Å². The highest BCUT2D eigenvalue weighted by molar-refractivity contribution is 7.90. The maximum atomic E-state index is 12.4. The smallest absolute Gasteiger partial charge is 0.300 e. The lowest BCUT2D eigenvalue weighted by atomic mass is 10.1. The molecule has 140 valence electrons. The summed E-state index contributed by atoms with van der Waals surface area (Å²) in [6.45, 7) is 5.21. The molecule has 3 aromatic rings. The first-order valence-electron chi connectivity index (χ1n) is 7.85. The molecule has 0 saturated heterocycles. The number of nitro groups is 1. The highest BCUT2D eigenvalue weighted by Crippen LogP contribution is 2.38. The van der Waals surface area contributed by atoms with E-state index in [9.17, 15) is 23.6 Å². The Morgan fingerprint density at radius 3 is 2.48 bits per heavy atom. The molecule has 0 saturated carbocycles. The van der Waals surface area contributed by atoms with Crippen molar-refractivity contribution in [3.05, 3.63) is 57.1 Å². The number of nitro benzene ring substituents is 1. The van der Waals surface area contributed by atoms with Gasteiger partial charge in [-0.3, -0.25) is 10.1 Å². The third-order valence-corrected chi connectivity index (χ3v) is 5.27. The molecule has 0 aliphatic rings. The summed E-state index contributed by atoms with van der Waals surface area (Å²) in [7, 11) is -4.29. The normalized spacial score (nSPS) is 12.1. The molecule has 0 spiro atoms. The van der Waals surface area contributed by atoms with Gasteiger partial charge in [-0.25, -0.2) is 0 Å². The predicted octanol–water partition coefficient (Wildman–Crippen LogP) is 4.18. The number of fused-ring (bicyclic) bond motifs is 1. The van der Waals surface area contributed by atoms with Crippen LogP contribution in [-0.2, 0) is 10.0 Å². The van der Waals surface area contributed by atoms with Gasteiger partial charge in [0.15, 0.2) is 5.69 Å². The van der Waals surface area contributed by atoms with Crippen LogP contribution in [-0.4, -0.2) is 23.4 Å². The molecule has 0 aliphatic heterocycles. The van der Waals surface area contributed by atoms with Gasteiger partial charge >= 0.3 is 0 Å². The number of hydrogen-bond acceptors (Lipinski definition) is 6. The van der Waals surface area contributed by atoms with E-state index in [2.05, 4.69) is 14.6 Å². The number of aromatic hydroxyl groups is 1. The first kappa shape index (κ1) is 18.5. The second-order valence-corrected chi connectivity index (χ2v) is 7.77. The third-order valence-electron chi connectivity index (χ3n) is 4.13. The van der Waals surface area contributed by atoms with E-state index in [-0.39, 0.29) is 22.2 Å². The monoisotopic (exact) mass is 388 g/mol. The Balaban J connectivity index is 2.08. The van der Waals surface area contributed by atoms with Gasteiger partial charge in [-0.05, 0) is 38.5 Å². The van der Waals surface area contributed by atoms with Gasteiger partial charge < -0.3 is 10.1 Å². The average molecular weight is 388 g/mol. The van der Waals surface area contributed by atoms with E-state index >= 15 is 0 Å². The number of benzene rings is 2. The van der Waals surface area contributed by atoms with Crippen molar-refractivity contribution >= 4 is 32.3 Å². The summed E-state index contributed by atoms with van der Waals surface area (Å²) in [6, 6.07) is 7.14. The van der Waals surface area contributed by atoms with Gasteiger partial charge in [0.25, 0.3) is 15.7 Å². The van der Waals surface area contributed by atoms with E-state index in [1.54, 1.807) is 6.07 Å². The Bertz CT molecular complexity index is 1210. The summed E-state index contributed by atoms with van der Waals surface area (Å²) >= 11 is 0. The molecule has 0 radical (unpaired) electrons. The maximum Gasteiger partial charge on any atom is 0.300 e. The molecule has 10 heteroatoms. The summed E-state index contributed by atoms with van der Waals surface area (Å²) < 4.78 is 28.2. The summed E-state index contributed by atoms with van der Waals surface area (Å²) in [5.41, 5.74) is 2.38. The van der Waals surface area contributed by atoms with Gasteiger partial charge in [0.2, 0.25) is 5.88 Å². The largest absolute Gasteiger partial charge is 0.493 e. The summed E-state index contributed by atoms with van der Waals surface area (Å²) in [6.07, 6.45) is 0. The number of aromatic amines is 1. The summed E-state index contributed by atoms with van der Waals surface area (Å²) in [4.78, 5) is 12.8. The SMILES string of the molecule is Cc1cc(C)c2[nH]c(O)c(N=NS(=O)(=O)c3ccc(C)c([N+](=O)[O-])c3)c2c1. The highest BCUT2D eigenvalue weighted by atomic mass is 32.2. The zero-order chi connectivity index (χ0) is 19.9. The molecule has 2 N–H and O–H groups in total. The molecule has 0 unspecified atom stereocenters. The first-order valence-corrected chi connectivity index (χ1v) is 9.29. The minimum Gasteiger partial charge on any atom is -0.493 e. The van der Waals surface area contributed by atoms with Crippen LogP contribution in [0, 0.1) is 30.9 Å². The van der Waals surface area contributed by atoms with Crippen LogP contribution in [0.3, 0.4) is 0 Å². The Labute approximate surface area is 154 Å². The van der Waals surface area contributed by atoms with Crippen molar-refractivity contribution < 1.29 is 18.4 Å². The Hall–Kier alpha value is -3.27. The number of aryl methyl sites for hydroxylation is 3. The van der Waals surface area contributed by atoms with Crippen LogP contribution in [0.4, 0.5) is 11.4 Å².